The maximum absolute atomic E-state index is 12.1. The van der Waals surface area contributed by atoms with Crippen LogP contribution < -0.4 is 5.32 Å². The average Bonchev–Trinajstić information content (AvgIpc) is 3.08. The number of hydrogen-bond acceptors (Lipinski definition) is 2. The van der Waals surface area contributed by atoms with E-state index < -0.39 is 6.10 Å². The maximum atomic E-state index is 12.1. The smallest absolute Gasteiger partial charge is 0.225 e. The molecule has 2 fully saturated rings. The van der Waals surface area contributed by atoms with E-state index in [-0.39, 0.29) is 17.2 Å². The van der Waals surface area contributed by atoms with Gasteiger partial charge >= 0.3 is 0 Å². The Balaban J connectivity index is 1.52. The summed E-state index contributed by atoms with van der Waals surface area (Å²) in [4.78, 5) is 12.1. The van der Waals surface area contributed by atoms with Crippen LogP contribution in [0.5, 0.6) is 0 Å². The van der Waals surface area contributed by atoms with Crippen molar-refractivity contribution < 1.29 is 9.90 Å². The van der Waals surface area contributed by atoms with E-state index >= 15 is 0 Å². The van der Waals surface area contributed by atoms with E-state index in [1.807, 2.05) is 6.07 Å². The largest absolute Gasteiger partial charge is 0.392 e. The van der Waals surface area contributed by atoms with Gasteiger partial charge in [0.15, 0.2) is 0 Å². The van der Waals surface area contributed by atoms with Gasteiger partial charge in [-0.25, -0.2) is 0 Å². The van der Waals surface area contributed by atoms with Gasteiger partial charge in [-0.15, -0.1) is 0 Å². The molecule has 1 aromatic rings. The molecule has 1 aromatic carbocycles. The van der Waals surface area contributed by atoms with Crippen LogP contribution in [0.1, 0.15) is 37.7 Å². The highest BCUT2D eigenvalue weighted by atomic mass is 16.3. The molecule has 2 saturated carbocycles. The van der Waals surface area contributed by atoms with Crippen LogP contribution in [0.25, 0.3) is 0 Å². The molecule has 2 aliphatic rings. The number of carbonyl (C=O) groups is 1. The number of amides is 1. The first kappa shape index (κ1) is 13.6. The summed E-state index contributed by atoms with van der Waals surface area (Å²) in [6, 6.07) is 10.5. The Morgan fingerprint density at radius 1 is 1.25 bits per heavy atom. The first-order chi connectivity index (χ1) is 9.69. The molecule has 3 rings (SSSR count). The fraction of sp³-hybridized carbons (Fsp3) is 0.588. The molecule has 0 aliphatic heterocycles. The Labute approximate surface area is 120 Å². The third kappa shape index (κ3) is 3.04. The van der Waals surface area contributed by atoms with Crippen molar-refractivity contribution in [1.82, 2.24) is 5.32 Å². The van der Waals surface area contributed by atoms with Crippen molar-refractivity contribution in [1.29, 1.82) is 0 Å². The molecule has 0 aromatic heterocycles. The summed E-state index contributed by atoms with van der Waals surface area (Å²) in [6.07, 6.45) is 5.56. The van der Waals surface area contributed by atoms with Crippen LogP contribution in [0, 0.1) is 11.3 Å². The summed E-state index contributed by atoms with van der Waals surface area (Å²) in [6.45, 7) is 0.754. The molecule has 0 heterocycles. The highest BCUT2D eigenvalue weighted by Gasteiger charge is 2.43. The van der Waals surface area contributed by atoms with Gasteiger partial charge in [0.1, 0.15) is 0 Å². The van der Waals surface area contributed by atoms with E-state index in [9.17, 15) is 9.90 Å². The quantitative estimate of drug-likeness (QED) is 0.864. The number of benzene rings is 1. The third-order valence-corrected chi connectivity index (χ3v) is 4.83. The first-order valence-corrected chi connectivity index (χ1v) is 7.68. The predicted molar refractivity (Wildman–Crippen MR) is 78.2 cm³/mol. The van der Waals surface area contributed by atoms with Gasteiger partial charge in [-0.2, -0.15) is 0 Å². The monoisotopic (exact) mass is 273 g/mol. The fourth-order valence-corrected chi connectivity index (χ4v) is 3.27. The van der Waals surface area contributed by atoms with Gasteiger partial charge in [0, 0.05) is 6.54 Å². The second-order valence-electron chi connectivity index (χ2n) is 6.48. The van der Waals surface area contributed by atoms with E-state index in [0.29, 0.717) is 0 Å². The first-order valence-electron chi connectivity index (χ1n) is 7.68. The second-order valence-corrected chi connectivity index (χ2v) is 6.48. The Morgan fingerprint density at radius 2 is 2.00 bits per heavy atom. The number of aliphatic hydroxyl groups is 1. The van der Waals surface area contributed by atoms with E-state index in [0.717, 1.165) is 32.2 Å². The molecular weight excluding hydrogens is 250 g/mol. The average molecular weight is 273 g/mol. The van der Waals surface area contributed by atoms with E-state index in [2.05, 4.69) is 29.6 Å². The van der Waals surface area contributed by atoms with Gasteiger partial charge in [-0.1, -0.05) is 30.3 Å². The van der Waals surface area contributed by atoms with Gasteiger partial charge in [0.25, 0.3) is 0 Å². The Bertz CT molecular complexity index is 467. The van der Waals surface area contributed by atoms with Crippen molar-refractivity contribution in [2.45, 2.75) is 44.6 Å². The molecule has 0 saturated heterocycles. The Hall–Kier alpha value is -1.35. The summed E-state index contributed by atoms with van der Waals surface area (Å²) in [5.74, 6) is -0.128. The summed E-state index contributed by atoms with van der Waals surface area (Å²) in [5.41, 5.74) is 1.61. The number of rotatable bonds is 5. The molecule has 0 bridgehead atoms. The van der Waals surface area contributed by atoms with Gasteiger partial charge in [0.2, 0.25) is 5.91 Å². The molecule has 2 aliphatic carbocycles. The highest BCUT2D eigenvalue weighted by molar-refractivity contribution is 5.79. The van der Waals surface area contributed by atoms with Gasteiger partial charge in [-0.05, 0) is 49.5 Å². The molecule has 20 heavy (non-hydrogen) atoms. The third-order valence-electron chi connectivity index (χ3n) is 4.83. The summed E-state index contributed by atoms with van der Waals surface area (Å²) < 4.78 is 0. The standard InChI is InChI=1S/C17H23NO2/c19-15-8-4-7-14(15)16(20)18-12-17(9-10-17)11-13-5-2-1-3-6-13/h1-3,5-6,14-15,19H,4,7-12H2,(H,18,20). The molecule has 1 amide bonds. The summed E-state index contributed by atoms with van der Waals surface area (Å²) >= 11 is 0. The SMILES string of the molecule is O=C(NCC1(Cc2ccccc2)CC1)C1CCCC1O. The van der Waals surface area contributed by atoms with Crippen molar-refractivity contribution in [3.05, 3.63) is 35.9 Å². The lowest BCUT2D eigenvalue weighted by Crippen LogP contribution is -2.38. The summed E-state index contributed by atoms with van der Waals surface area (Å²) in [7, 11) is 0. The van der Waals surface area contributed by atoms with Crippen LogP contribution in [0.3, 0.4) is 0 Å². The zero-order valence-corrected chi connectivity index (χ0v) is 11.8. The highest BCUT2D eigenvalue weighted by Crippen LogP contribution is 2.47. The van der Waals surface area contributed by atoms with Crippen molar-refractivity contribution >= 4 is 5.91 Å². The molecule has 108 valence electrons. The lowest BCUT2D eigenvalue weighted by atomic mass is 9.96. The van der Waals surface area contributed by atoms with Crippen molar-refractivity contribution in [2.24, 2.45) is 11.3 Å². The van der Waals surface area contributed by atoms with Crippen LogP contribution in [-0.4, -0.2) is 23.7 Å². The van der Waals surface area contributed by atoms with Crippen LogP contribution >= 0.6 is 0 Å². The minimum Gasteiger partial charge on any atom is -0.392 e. The van der Waals surface area contributed by atoms with Gasteiger partial charge in [0.05, 0.1) is 12.0 Å². The van der Waals surface area contributed by atoms with Crippen LogP contribution in [0.15, 0.2) is 30.3 Å². The number of hydrogen-bond donors (Lipinski definition) is 2. The Morgan fingerprint density at radius 3 is 2.60 bits per heavy atom. The molecule has 2 unspecified atom stereocenters. The minimum atomic E-state index is -0.431. The zero-order valence-electron chi connectivity index (χ0n) is 11.8. The molecule has 3 heteroatoms. The van der Waals surface area contributed by atoms with Crippen LogP contribution in [0.4, 0.5) is 0 Å². The maximum Gasteiger partial charge on any atom is 0.225 e. The molecular formula is C17H23NO2. The number of carbonyl (C=O) groups excluding carboxylic acids is 1. The van der Waals surface area contributed by atoms with Crippen LogP contribution in [-0.2, 0) is 11.2 Å². The minimum absolute atomic E-state index is 0.0503. The van der Waals surface area contributed by atoms with Gasteiger partial charge in [-0.3, -0.25) is 4.79 Å². The van der Waals surface area contributed by atoms with E-state index in [4.69, 9.17) is 0 Å². The molecule has 2 atom stereocenters. The second kappa shape index (κ2) is 5.57. The van der Waals surface area contributed by atoms with E-state index in [1.165, 1.54) is 18.4 Å². The zero-order chi connectivity index (χ0) is 14.0. The van der Waals surface area contributed by atoms with Crippen molar-refractivity contribution in [3.8, 4) is 0 Å². The summed E-state index contributed by atoms with van der Waals surface area (Å²) in [5, 5.41) is 12.9. The van der Waals surface area contributed by atoms with Crippen LogP contribution in [0.2, 0.25) is 0 Å². The molecule has 2 N–H and O–H groups in total. The lowest BCUT2D eigenvalue weighted by molar-refractivity contribution is -0.127. The fourth-order valence-electron chi connectivity index (χ4n) is 3.27. The van der Waals surface area contributed by atoms with Crippen molar-refractivity contribution in [2.75, 3.05) is 6.54 Å². The lowest BCUT2D eigenvalue weighted by Gasteiger charge is -2.19. The van der Waals surface area contributed by atoms with E-state index in [1.54, 1.807) is 0 Å². The topological polar surface area (TPSA) is 49.3 Å². The number of nitrogens with one attached hydrogen (secondary N) is 1. The normalized spacial score (nSPS) is 27.2. The molecule has 0 spiro atoms. The predicted octanol–water partition coefficient (Wildman–Crippen LogP) is 2.29. The van der Waals surface area contributed by atoms with Gasteiger partial charge < -0.3 is 10.4 Å². The number of aliphatic hydroxyl groups excluding tert-OH is 1. The van der Waals surface area contributed by atoms with Crippen molar-refractivity contribution in [3.63, 3.8) is 0 Å². The molecule has 3 nitrogen and oxygen atoms in total. The Kier molecular flexibility index (Phi) is 3.79. The molecule has 0 radical (unpaired) electrons.